The molecule has 1 unspecified atom stereocenters. The Morgan fingerprint density at radius 2 is 2.05 bits per heavy atom. The lowest BCUT2D eigenvalue weighted by molar-refractivity contribution is 0.281. The summed E-state index contributed by atoms with van der Waals surface area (Å²) in [5.41, 5.74) is 2.43. The van der Waals surface area contributed by atoms with E-state index in [0.717, 1.165) is 18.1 Å². The molecule has 0 saturated carbocycles. The van der Waals surface area contributed by atoms with Crippen molar-refractivity contribution in [3.8, 4) is 0 Å². The Morgan fingerprint density at radius 3 is 2.63 bits per heavy atom. The van der Waals surface area contributed by atoms with Gasteiger partial charge in [0.1, 0.15) is 0 Å². The summed E-state index contributed by atoms with van der Waals surface area (Å²) in [4.78, 5) is 2.29. The molecule has 0 spiro atoms. The molecule has 0 aromatic heterocycles. The van der Waals surface area contributed by atoms with Gasteiger partial charge in [-0.1, -0.05) is 44.2 Å². The van der Waals surface area contributed by atoms with Gasteiger partial charge >= 0.3 is 0 Å². The predicted molar refractivity (Wildman–Crippen MR) is 84.8 cm³/mol. The number of likely N-dealkylation sites (N-methyl/N-ethyl adjacent to an activating group) is 1. The molecule has 1 atom stereocenters. The van der Waals surface area contributed by atoms with Gasteiger partial charge in [0, 0.05) is 30.2 Å². The molecular weight excluding hydrogens is 256 g/mol. The van der Waals surface area contributed by atoms with Crippen molar-refractivity contribution in [2.45, 2.75) is 32.9 Å². The van der Waals surface area contributed by atoms with Crippen molar-refractivity contribution >= 4 is 11.6 Å². The van der Waals surface area contributed by atoms with Crippen molar-refractivity contribution in [1.82, 2.24) is 10.2 Å². The lowest BCUT2D eigenvalue weighted by Crippen LogP contribution is -2.30. The largest absolute Gasteiger partial charge is 0.311 e. The highest BCUT2D eigenvalue weighted by Gasteiger charge is 2.12. The van der Waals surface area contributed by atoms with Gasteiger partial charge in [-0.2, -0.15) is 0 Å². The molecule has 0 amide bonds. The summed E-state index contributed by atoms with van der Waals surface area (Å²) < 4.78 is 0. The van der Waals surface area contributed by atoms with Crippen LogP contribution in [0.1, 0.15) is 32.4 Å². The number of hydrogen-bond acceptors (Lipinski definition) is 2. The summed E-state index contributed by atoms with van der Waals surface area (Å²) >= 11 is 6.04. The second-order valence-electron chi connectivity index (χ2n) is 5.43. The molecule has 0 aliphatic rings. The predicted octanol–water partition coefficient (Wildman–Crippen LogP) is 3.89. The summed E-state index contributed by atoms with van der Waals surface area (Å²) in [6, 6.07) is 8.86. The van der Waals surface area contributed by atoms with Gasteiger partial charge in [-0.25, -0.2) is 0 Å². The molecule has 1 aromatic rings. The van der Waals surface area contributed by atoms with Crippen LogP contribution in [0.5, 0.6) is 0 Å². The van der Waals surface area contributed by atoms with E-state index in [-0.39, 0.29) is 0 Å². The molecule has 0 radical (unpaired) electrons. The van der Waals surface area contributed by atoms with Gasteiger partial charge in [0.05, 0.1) is 0 Å². The maximum Gasteiger partial charge on any atom is 0.0409 e. The van der Waals surface area contributed by atoms with E-state index in [1.54, 1.807) is 0 Å². The summed E-state index contributed by atoms with van der Waals surface area (Å²) in [6.07, 6.45) is 0. The van der Waals surface area contributed by atoms with E-state index in [4.69, 9.17) is 11.6 Å². The molecular formula is C16H25ClN2. The van der Waals surface area contributed by atoms with Crippen LogP contribution in [-0.2, 0) is 0 Å². The number of nitrogens with one attached hydrogen (secondary N) is 1. The lowest BCUT2D eigenvalue weighted by Gasteiger charge is -2.26. The summed E-state index contributed by atoms with van der Waals surface area (Å²) in [6.45, 7) is 12.4. The highest BCUT2D eigenvalue weighted by molar-refractivity contribution is 6.30. The van der Waals surface area contributed by atoms with Crippen molar-refractivity contribution in [1.29, 1.82) is 0 Å². The van der Waals surface area contributed by atoms with Crippen LogP contribution in [0.3, 0.4) is 0 Å². The fraction of sp³-hybridized carbons (Fsp3) is 0.500. The molecule has 0 fully saturated rings. The molecule has 1 aromatic carbocycles. The van der Waals surface area contributed by atoms with Crippen molar-refractivity contribution in [3.05, 3.63) is 47.0 Å². The zero-order chi connectivity index (χ0) is 14.4. The first-order valence-electron chi connectivity index (χ1n) is 6.76. The van der Waals surface area contributed by atoms with Crippen LogP contribution < -0.4 is 5.32 Å². The molecule has 19 heavy (non-hydrogen) atoms. The van der Waals surface area contributed by atoms with E-state index in [1.165, 1.54) is 11.1 Å². The standard InChI is InChI=1S/C16H25ClN2/c1-12(2)18-10-13(3)11-19(5)14(4)15-7-6-8-16(17)9-15/h6-9,12,14,18H,3,10-11H2,1-2,4-5H3. The Kier molecular flexibility index (Phi) is 6.56. The van der Waals surface area contributed by atoms with E-state index in [0.29, 0.717) is 12.1 Å². The van der Waals surface area contributed by atoms with E-state index in [2.05, 4.69) is 50.7 Å². The van der Waals surface area contributed by atoms with E-state index < -0.39 is 0 Å². The van der Waals surface area contributed by atoms with Gasteiger partial charge in [-0.3, -0.25) is 4.90 Å². The fourth-order valence-electron chi connectivity index (χ4n) is 1.91. The Labute approximate surface area is 122 Å². The first-order chi connectivity index (χ1) is 8.90. The van der Waals surface area contributed by atoms with Gasteiger partial charge in [-0.15, -0.1) is 0 Å². The quantitative estimate of drug-likeness (QED) is 0.763. The molecule has 0 aliphatic carbocycles. The number of nitrogens with zero attached hydrogens (tertiary/aromatic N) is 1. The monoisotopic (exact) mass is 280 g/mol. The molecule has 1 N–H and O–H groups in total. The first-order valence-corrected chi connectivity index (χ1v) is 7.13. The smallest absolute Gasteiger partial charge is 0.0409 e. The minimum Gasteiger partial charge on any atom is -0.311 e. The van der Waals surface area contributed by atoms with Gasteiger partial charge in [0.2, 0.25) is 0 Å². The van der Waals surface area contributed by atoms with Gasteiger partial charge in [0.15, 0.2) is 0 Å². The van der Waals surface area contributed by atoms with Crippen molar-refractivity contribution in [3.63, 3.8) is 0 Å². The Morgan fingerprint density at radius 1 is 1.37 bits per heavy atom. The van der Waals surface area contributed by atoms with E-state index in [9.17, 15) is 0 Å². The molecule has 0 heterocycles. The topological polar surface area (TPSA) is 15.3 Å². The highest BCUT2D eigenvalue weighted by atomic mass is 35.5. The van der Waals surface area contributed by atoms with Gasteiger partial charge in [-0.05, 0) is 37.2 Å². The minimum absolute atomic E-state index is 0.328. The maximum atomic E-state index is 6.04. The number of halogens is 1. The molecule has 0 bridgehead atoms. The second kappa shape index (κ2) is 7.68. The minimum atomic E-state index is 0.328. The van der Waals surface area contributed by atoms with Crippen LogP contribution in [0.4, 0.5) is 0 Å². The maximum absolute atomic E-state index is 6.04. The van der Waals surface area contributed by atoms with Crippen LogP contribution >= 0.6 is 11.6 Å². The van der Waals surface area contributed by atoms with Gasteiger partial charge in [0.25, 0.3) is 0 Å². The van der Waals surface area contributed by atoms with Crippen LogP contribution in [0.2, 0.25) is 5.02 Å². The van der Waals surface area contributed by atoms with Crippen LogP contribution in [-0.4, -0.2) is 31.1 Å². The third-order valence-corrected chi connectivity index (χ3v) is 3.46. The molecule has 0 saturated heterocycles. The molecule has 3 heteroatoms. The molecule has 2 nitrogen and oxygen atoms in total. The van der Waals surface area contributed by atoms with Crippen LogP contribution in [0.25, 0.3) is 0 Å². The third-order valence-electron chi connectivity index (χ3n) is 3.23. The van der Waals surface area contributed by atoms with E-state index >= 15 is 0 Å². The number of benzene rings is 1. The van der Waals surface area contributed by atoms with Crippen LogP contribution in [0.15, 0.2) is 36.4 Å². The molecule has 0 aliphatic heterocycles. The number of hydrogen-bond donors (Lipinski definition) is 1. The Bertz CT molecular complexity index is 415. The summed E-state index contributed by atoms with van der Waals surface area (Å²) in [5, 5.41) is 4.18. The highest BCUT2D eigenvalue weighted by Crippen LogP contribution is 2.22. The average molecular weight is 281 g/mol. The van der Waals surface area contributed by atoms with E-state index in [1.807, 2.05) is 18.2 Å². The summed E-state index contributed by atoms with van der Waals surface area (Å²) in [5.74, 6) is 0. The Balaban J connectivity index is 2.53. The third kappa shape index (κ3) is 5.77. The zero-order valence-electron chi connectivity index (χ0n) is 12.4. The molecule has 1 rings (SSSR count). The lowest BCUT2D eigenvalue weighted by atomic mass is 10.1. The zero-order valence-corrected chi connectivity index (χ0v) is 13.2. The summed E-state index contributed by atoms with van der Waals surface area (Å²) in [7, 11) is 2.12. The first kappa shape index (κ1) is 16.2. The average Bonchev–Trinajstić information content (AvgIpc) is 2.35. The van der Waals surface area contributed by atoms with Crippen LogP contribution in [0, 0.1) is 0 Å². The van der Waals surface area contributed by atoms with Crippen molar-refractivity contribution < 1.29 is 0 Å². The number of rotatable bonds is 7. The Hall–Kier alpha value is -0.830. The SMILES string of the molecule is C=C(CNC(C)C)CN(C)C(C)c1cccc(Cl)c1. The molecule has 106 valence electrons. The fourth-order valence-corrected chi connectivity index (χ4v) is 2.11. The van der Waals surface area contributed by atoms with Crippen molar-refractivity contribution in [2.75, 3.05) is 20.1 Å². The van der Waals surface area contributed by atoms with Gasteiger partial charge < -0.3 is 5.32 Å². The van der Waals surface area contributed by atoms with Crippen molar-refractivity contribution in [2.24, 2.45) is 0 Å². The second-order valence-corrected chi connectivity index (χ2v) is 5.87. The normalized spacial score (nSPS) is 13.0.